The molecule has 4 heteroatoms. The number of carbonyl (C=O) groups excluding carboxylic acids is 1. The monoisotopic (exact) mass is 220 g/mol. The number of rotatable bonds is 0. The van der Waals surface area contributed by atoms with E-state index in [1.165, 1.54) is 0 Å². The zero-order valence-corrected chi connectivity index (χ0v) is 9.74. The second-order valence-electron chi connectivity index (χ2n) is 4.90. The van der Waals surface area contributed by atoms with Gasteiger partial charge in [-0.15, -0.1) is 0 Å². The van der Waals surface area contributed by atoms with Crippen molar-refractivity contribution < 1.29 is 9.90 Å². The Morgan fingerprint density at radius 3 is 2.81 bits per heavy atom. The first-order valence-corrected chi connectivity index (χ1v) is 5.26. The molecular weight excluding hydrogens is 204 g/mol. The van der Waals surface area contributed by atoms with Gasteiger partial charge in [-0.1, -0.05) is 0 Å². The van der Waals surface area contributed by atoms with Gasteiger partial charge >= 0.3 is 0 Å². The van der Waals surface area contributed by atoms with Gasteiger partial charge in [-0.05, 0) is 26.0 Å². The van der Waals surface area contributed by atoms with E-state index in [1.54, 1.807) is 12.1 Å². The maximum Gasteiger partial charge on any atom is 0.231 e. The van der Waals surface area contributed by atoms with Gasteiger partial charge in [0.2, 0.25) is 5.91 Å². The van der Waals surface area contributed by atoms with E-state index in [1.807, 2.05) is 31.9 Å². The minimum atomic E-state index is -0.441. The summed E-state index contributed by atoms with van der Waals surface area (Å²) >= 11 is 0. The Morgan fingerprint density at radius 2 is 2.12 bits per heavy atom. The number of hydrogen-bond acceptors (Lipinski definition) is 3. The summed E-state index contributed by atoms with van der Waals surface area (Å²) in [7, 11) is 1.94. The summed E-state index contributed by atoms with van der Waals surface area (Å²) in [6.45, 7) is 4.46. The molecule has 0 aromatic heterocycles. The Bertz CT molecular complexity index is 441. The van der Waals surface area contributed by atoms with Crippen LogP contribution in [0.2, 0.25) is 0 Å². The van der Waals surface area contributed by atoms with E-state index in [2.05, 4.69) is 5.32 Å². The molecule has 1 aromatic rings. The van der Waals surface area contributed by atoms with Crippen molar-refractivity contribution in [1.82, 2.24) is 0 Å². The van der Waals surface area contributed by atoms with Gasteiger partial charge in [-0.25, -0.2) is 0 Å². The van der Waals surface area contributed by atoms with Crippen molar-refractivity contribution in [2.24, 2.45) is 5.41 Å². The normalized spacial score (nSPS) is 18.7. The van der Waals surface area contributed by atoms with Gasteiger partial charge in [0.15, 0.2) is 0 Å². The topological polar surface area (TPSA) is 52.6 Å². The molecule has 0 atom stereocenters. The predicted octanol–water partition coefficient (Wildman–Crippen LogP) is 1.81. The van der Waals surface area contributed by atoms with Crippen LogP contribution in [0.25, 0.3) is 0 Å². The highest BCUT2D eigenvalue weighted by Crippen LogP contribution is 2.35. The first kappa shape index (κ1) is 10.8. The summed E-state index contributed by atoms with van der Waals surface area (Å²) < 4.78 is 0. The number of aromatic hydroxyl groups is 1. The summed E-state index contributed by atoms with van der Waals surface area (Å²) in [4.78, 5) is 14.0. The molecule has 16 heavy (non-hydrogen) atoms. The van der Waals surface area contributed by atoms with Crippen molar-refractivity contribution in [1.29, 1.82) is 0 Å². The molecule has 1 heterocycles. The smallest absolute Gasteiger partial charge is 0.231 e. The van der Waals surface area contributed by atoms with Crippen LogP contribution < -0.4 is 10.2 Å². The van der Waals surface area contributed by atoms with Crippen molar-refractivity contribution in [3.8, 4) is 5.75 Å². The fourth-order valence-corrected chi connectivity index (χ4v) is 2.00. The van der Waals surface area contributed by atoms with Crippen LogP contribution in [-0.4, -0.2) is 24.6 Å². The van der Waals surface area contributed by atoms with Crippen molar-refractivity contribution in [2.45, 2.75) is 13.8 Å². The number of amides is 1. The molecule has 1 amide bonds. The van der Waals surface area contributed by atoms with E-state index < -0.39 is 5.41 Å². The molecule has 1 aromatic carbocycles. The van der Waals surface area contributed by atoms with Crippen molar-refractivity contribution in [2.75, 3.05) is 23.8 Å². The molecule has 0 unspecified atom stereocenters. The van der Waals surface area contributed by atoms with Crippen molar-refractivity contribution in [3.05, 3.63) is 18.2 Å². The number of anilines is 2. The third-order valence-corrected chi connectivity index (χ3v) is 2.89. The molecule has 0 aliphatic carbocycles. The third-order valence-electron chi connectivity index (χ3n) is 2.89. The number of fused-ring (bicyclic) bond motifs is 1. The molecule has 2 N–H and O–H groups in total. The van der Waals surface area contributed by atoms with Gasteiger partial charge in [0, 0.05) is 19.7 Å². The highest BCUT2D eigenvalue weighted by molar-refractivity contribution is 5.99. The Labute approximate surface area is 94.9 Å². The number of phenolic OH excluding ortho intramolecular Hbond substituents is 1. The molecule has 0 bridgehead atoms. The lowest BCUT2D eigenvalue weighted by atomic mass is 9.92. The first-order chi connectivity index (χ1) is 7.40. The molecule has 0 radical (unpaired) electrons. The van der Waals surface area contributed by atoms with E-state index >= 15 is 0 Å². The van der Waals surface area contributed by atoms with Crippen molar-refractivity contribution >= 4 is 17.3 Å². The molecule has 1 aliphatic rings. The van der Waals surface area contributed by atoms with E-state index in [9.17, 15) is 9.90 Å². The summed E-state index contributed by atoms with van der Waals surface area (Å²) in [5.74, 6) is 0.135. The summed E-state index contributed by atoms with van der Waals surface area (Å²) in [6, 6.07) is 5.01. The molecule has 0 saturated heterocycles. The van der Waals surface area contributed by atoms with E-state index in [0.717, 1.165) is 5.69 Å². The maximum absolute atomic E-state index is 11.9. The zero-order valence-electron chi connectivity index (χ0n) is 9.74. The van der Waals surface area contributed by atoms with E-state index in [0.29, 0.717) is 12.2 Å². The lowest BCUT2D eigenvalue weighted by Gasteiger charge is -2.26. The van der Waals surface area contributed by atoms with Gasteiger partial charge < -0.3 is 15.3 Å². The van der Waals surface area contributed by atoms with Gasteiger partial charge in [0.05, 0.1) is 16.8 Å². The first-order valence-electron chi connectivity index (χ1n) is 5.26. The maximum atomic E-state index is 11.9. The summed E-state index contributed by atoms with van der Waals surface area (Å²) in [6.07, 6.45) is 0. The average molecular weight is 220 g/mol. The van der Waals surface area contributed by atoms with Crippen LogP contribution in [0.3, 0.4) is 0 Å². The lowest BCUT2D eigenvalue weighted by molar-refractivity contribution is -0.123. The Hall–Kier alpha value is -1.71. The predicted molar refractivity (Wildman–Crippen MR) is 63.8 cm³/mol. The minimum Gasteiger partial charge on any atom is -0.508 e. The van der Waals surface area contributed by atoms with Crippen LogP contribution in [0.15, 0.2) is 18.2 Å². The molecule has 86 valence electrons. The molecule has 0 spiro atoms. The largest absolute Gasteiger partial charge is 0.508 e. The van der Waals surface area contributed by atoms with Gasteiger partial charge in [-0.2, -0.15) is 0 Å². The summed E-state index contributed by atoms with van der Waals surface area (Å²) in [5.41, 5.74) is 1.15. The molecular formula is C12H16N2O2. The number of nitrogens with zero attached hydrogens (tertiary/aromatic N) is 1. The average Bonchev–Trinajstić information content (AvgIpc) is 2.23. The number of hydrogen-bond donors (Lipinski definition) is 2. The Balaban J connectivity index is 2.49. The SMILES string of the molecule is CN1CC(C)(C)C(=O)Nc2cc(O)ccc21. The van der Waals surface area contributed by atoms with Gasteiger partial charge in [-0.3, -0.25) is 4.79 Å². The number of benzene rings is 1. The fourth-order valence-electron chi connectivity index (χ4n) is 2.00. The minimum absolute atomic E-state index is 0.0244. The summed E-state index contributed by atoms with van der Waals surface area (Å²) in [5, 5.41) is 12.3. The second kappa shape index (κ2) is 3.40. The van der Waals surface area contributed by atoms with Crippen LogP contribution >= 0.6 is 0 Å². The molecule has 0 saturated carbocycles. The fraction of sp³-hybridized carbons (Fsp3) is 0.417. The highest BCUT2D eigenvalue weighted by atomic mass is 16.3. The van der Waals surface area contributed by atoms with E-state index in [-0.39, 0.29) is 11.7 Å². The van der Waals surface area contributed by atoms with Gasteiger partial charge in [0.25, 0.3) is 0 Å². The van der Waals surface area contributed by atoms with Crippen LogP contribution in [0, 0.1) is 5.41 Å². The lowest BCUT2D eigenvalue weighted by Crippen LogP contribution is -2.37. The second-order valence-corrected chi connectivity index (χ2v) is 4.90. The van der Waals surface area contributed by atoms with Crippen LogP contribution in [-0.2, 0) is 4.79 Å². The van der Waals surface area contributed by atoms with Crippen LogP contribution in [0.1, 0.15) is 13.8 Å². The van der Waals surface area contributed by atoms with Gasteiger partial charge in [0.1, 0.15) is 5.75 Å². The number of carbonyl (C=O) groups is 1. The van der Waals surface area contributed by atoms with Crippen LogP contribution in [0.5, 0.6) is 5.75 Å². The molecule has 0 fully saturated rings. The molecule has 4 nitrogen and oxygen atoms in total. The Kier molecular flexibility index (Phi) is 2.30. The Morgan fingerprint density at radius 1 is 1.44 bits per heavy atom. The van der Waals surface area contributed by atoms with E-state index in [4.69, 9.17) is 0 Å². The zero-order chi connectivity index (χ0) is 11.9. The van der Waals surface area contributed by atoms with Crippen LogP contribution in [0.4, 0.5) is 11.4 Å². The molecule has 2 rings (SSSR count). The number of nitrogens with one attached hydrogen (secondary N) is 1. The standard InChI is InChI=1S/C12H16N2O2/c1-12(2)7-14(3)10-5-4-8(15)6-9(10)13-11(12)16/h4-6,15H,7H2,1-3H3,(H,13,16). The number of phenols is 1. The third kappa shape index (κ3) is 1.71. The molecule has 1 aliphatic heterocycles. The highest BCUT2D eigenvalue weighted by Gasteiger charge is 2.33. The van der Waals surface area contributed by atoms with Crippen molar-refractivity contribution in [3.63, 3.8) is 0 Å². The quantitative estimate of drug-likeness (QED) is 0.701.